The molecule has 0 saturated carbocycles. The van der Waals surface area contributed by atoms with Crippen LogP contribution in [0, 0.1) is 0 Å². The monoisotopic (exact) mass is 435 g/mol. The molecule has 0 bridgehead atoms. The van der Waals surface area contributed by atoms with E-state index in [4.69, 9.17) is 4.42 Å². The van der Waals surface area contributed by atoms with E-state index in [2.05, 4.69) is 5.32 Å². The van der Waals surface area contributed by atoms with Gasteiger partial charge in [0.25, 0.3) is 5.91 Å². The third-order valence-electron chi connectivity index (χ3n) is 6.02. The van der Waals surface area contributed by atoms with Crippen LogP contribution in [-0.2, 0) is 4.79 Å². The minimum absolute atomic E-state index is 0.0682. The molecule has 2 aliphatic heterocycles. The summed E-state index contributed by atoms with van der Waals surface area (Å²) in [6.45, 7) is 3.82. The summed E-state index contributed by atoms with van der Waals surface area (Å²) in [6.07, 6.45) is -2.41. The minimum atomic E-state index is -4.31. The summed E-state index contributed by atoms with van der Waals surface area (Å²) in [7, 11) is 0. The Bertz CT molecular complexity index is 974. The average Bonchev–Trinajstić information content (AvgIpc) is 3.26. The van der Waals surface area contributed by atoms with Crippen LogP contribution in [0.2, 0.25) is 0 Å². The molecule has 1 N–H and O–H groups in total. The van der Waals surface area contributed by atoms with Gasteiger partial charge in [0.1, 0.15) is 6.04 Å². The highest BCUT2D eigenvalue weighted by Crippen LogP contribution is 2.41. The van der Waals surface area contributed by atoms with Gasteiger partial charge in [-0.15, -0.1) is 0 Å². The van der Waals surface area contributed by atoms with Crippen LogP contribution in [0.15, 0.2) is 41.0 Å². The van der Waals surface area contributed by atoms with Gasteiger partial charge in [-0.05, 0) is 62.1 Å². The Kier molecular flexibility index (Phi) is 5.55. The quantitative estimate of drug-likeness (QED) is 0.772. The number of carbonyl (C=O) groups is 2. The second-order valence-corrected chi connectivity index (χ2v) is 8.15. The van der Waals surface area contributed by atoms with Crippen LogP contribution in [-0.4, -0.2) is 43.2 Å². The molecule has 2 aliphatic rings. The van der Waals surface area contributed by atoms with E-state index in [0.717, 1.165) is 5.56 Å². The van der Waals surface area contributed by atoms with Gasteiger partial charge in [0, 0.05) is 13.5 Å². The van der Waals surface area contributed by atoms with Gasteiger partial charge >= 0.3 is 6.18 Å². The summed E-state index contributed by atoms with van der Waals surface area (Å²) in [6, 6.07) is 6.61. The van der Waals surface area contributed by atoms with Crippen molar-refractivity contribution in [3.05, 3.63) is 47.9 Å². The van der Waals surface area contributed by atoms with E-state index in [-0.39, 0.29) is 49.0 Å². The number of piperidine rings is 1. The number of halogens is 3. The number of carbonyl (C=O) groups excluding carboxylic acids is 2. The van der Waals surface area contributed by atoms with Gasteiger partial charge in [0.2, 0.25) is 5.91 Å². The fourth-order valence-corrected chi connectivity index (χ4v) is 4.57. The van der Waals surface area contributed by atoms with Crippen molar-refractivity contribution in [1.82, 2.24) is 5.32 Å². The molecule has 0 spiro atoms. The van der Waals surface area contributed by atoms with Gasteiger partial charge in [-0.25, -0.2) is 0 Å². The van der Waals surface area contributed by atoms with E-state index in [1.54, 1.807) is 40.1 Å². The third-order valence-corrected chi connectivity index (χ3v) is 6.02. The Hall–Kier alpha value is -2.81. The van der Waals surface area contributed by atoms with E-state index in [1.165, 1.54) is 13.2 Å². The molecule has 1 aromatic heterocycles. The SMILES string of the molecule is CC(=O)N1c2ccc(C3CCNC(C(F)(F)F)C3)cc2N(C(=O)c2ccco2)CC1C. The predicted molar refractivity (Wildman–Crippen MR) is 109 cm³/mol. The predicted octanol–water partition coefficient (Wildman–Crippen LogP) is 4.08. The zero-order chi connectivity index (χ0) is 22.3. The third kappa shape index (κ3) is 4.06. The summed E-state index contributed by atoms with van der Waals surface area (Å²) < 4.78 is 45.0. The average molecular weight is 435 g/mol. The molecular weight excluding hydrogens is 411 g/mol. The highest BCUT2D eigenvalue weighted by atomic mass is 19.4. The second-order valence-electron chi connectivity index (χ2n) is 8.15. The van der Waals surface area contributed by atoms with Crippen molar-refractivity contribution in [2.24, 2.45) is 0 Å². The number of benzene rings is 1. The smallest absolute Gasteiger partial charge is 0.403 e. The Morgan fingerprint density at radius 1 is 1.19 bits per heavy atom. The lowest BCUT2D eigenvalue weighted by atomic mass is 9.85. The fourth-order valence-electron chi connectivity index (χ4n) is 4.57. The molecule has 3 unspecified atom stereocenters. The molecule has 1 saturated heterocycles. The number of hydrogen-bond acceptors (Lipinski definition) is 4. The lowest BCUT2D eigenvalue weighted by molar-refractivity contribution is -0.161. The molecule has 4 rings (SSSR count). The van der Waals surface area contributed by atoms with Gasteiger partial charge in [-0.2, -0.15) is 13.2 Å². The molecule has 2 aromatic rings. The molecular formula is C22H24F3N3O3. The number of amides is 2. The first-order valence-electron chi connectivity index (χ1n) is 10.3. The van der Waals surface area contributed by atoms with Crippen molar-refractivity contribution in [1.29, 1.82) is 0 Å². The molecule has 166 valence electrons. The van der Waals surface area contributed by atoms with Gasteiger partial charge in [-0.3, -0.25) is 9.59 Å². The maximum Gasteiger partial charge on any atom is 0.403 e. The zero-order valence-corrected chi connectivity index (χ0v) is 17.3. The van der Waals surface area contributed by atoms with Gasteiger partial charge in [-0.1, -0.05) is 6.07 Å². The van der Waals surface area contributed by atoms with Crippen molar-refractivity contribution < 1.29 is 27.2 Å². The van der Waals surface area contributed by atoms with Crippen LogP contribution in [0.3, 0.4) is 0 Å². The Morgan fingerprint density at radius 2 is 1.97 bits per heavy atom. The molecule has 1 fully saturated rings. The molecule has 0 aliphatic carbocycles. The van der Waals surface area contributed by atoms with Gasteiger partial charge in [0.05, 0.1) is 23.7 Å². The Morgan fingerprint density at radius 3 is 2.61 bits per heavy atom. The lowest BCUT2D eigenvalue weighted by Crippen LogP contribution is -2.51. The number of fused-ring (bicyclic) bond motifs is 1. The summed E-state index contributed by atoms with van der Waals surface area (Å²) in [4.78, 5) is 28.5. The molecule has 31 heavy (non-hydrogen) atoms. The summed E-state index contributed by atoms with van der Waals surface area (Å²) >= 11 is 0. The number of nitrogens with one attached hydrogen (secondary N) is 1. The van der Waals surface area contributed by atoms with Crippen LogP contribution >= 0.6 is 0 Å². The molecule has 9 heteroatoms. The normalized spacial score (nSPS) is 24.1. The van der Waals surface area contributed by atoms with E-state index >= 15 is 0 Å². The molecule has 1 aromatic carbocycles. The molecule has 3 atom stereocenters. The molecule has 2 amide bonds. The van der Waals surface area contributed by atoms with Gasteiger partial charge < -0.3 is 19.5 Å². The van der Waals surface area contributed by atoms with Crippen LogP contribution in [0.4, 0.5) is 24.5 Å². The number of alkyl halides is 3. The first-order chi connectivity index (χ1) is 14.7. The fraction of sp³-hybridized carbons (Fsp3) is 0.455. The van der Waals surface area contributed by atoms with Crippen LogP contribution in [0.25, 0.3) is 0 Å². The zero-order valence-electron chi connectivity index (χ0n) is 17.3. The second kappa shape index (κ2) is 8.03. The lowest BCUT2D eigenvalue weighted by Gasteiger charge is -2.41. The van der Waals surface area contributed by atoms with Crippen LogP contribution < -0.4 is 15.1 Å². The summed E-state index contributed by atoms with van der Waals surface area (Å²) in [5.74, 6) is -0.648. The largest absolute Gasteiger partial charge is 0.459 e. The van der Waals surface area contributed by atoms with Crippen LogP contribution in [0.1, 0.15) is 48.7 Å². The molecule has 3 heterocycles. The first kappa shape index (κ1) is 21.4. The maximum absolute atomic E-state index is 13.2. The van der Waals surface area contributed by atoms with E-state index in [9.17, 15) is 22.8 Å². The summed E-state index contributed by atoms with van der Waals surface area (Å²) in [5, 5.41) is 2.54. The topological polar surface area (TPSA) is 65.8 Å². The van der Waals surface area contributed by atoms with Crippen molar-refractivity contribution in [3.63, 3.8) is 0 Å². The van der Waals surface area contributed by atoms with Crippen LogP contribution in [0.5, 0.6) is 0 Å². The maximum atomic E-state index is 13.2. The van der Waals surface area contributed by atoms with Crippen molar-refractivity contribution in [2.45, 2.75) is 50.9 Å². The Labute approximate surface area is 178 Å². The number of nitrogens with zero attached hydrogens (tertiary/aromatic N) is 2. The van der Waals surface area contributed by atoms with E-state index in [0.29, 0.717) is 17.8 Å². The molecule has 6 nitrogen and oxygen atoms in total. The standard InChI is InChI=1S/C22H24F3N3O3/c1-13-12-27(21(30)19-4-3-9-31-19)18-10-15(5-6-17(18)28(13)14(2)29)16-7-8-26-20(11-16)22(23,24)25/h3-6,9-10,13,16,20,26H,7-8,11-12H2,1-2H3. The number of hydrogen-bond donors (Lipinski definition) is 1. The van der Waals surface area contributed by atoms with Crippen molar-refractivity contribution >= 4 is 23.2 Å². The van der Waals surface area contributed by atoms with E-state index in [1.807, 2.05) is 6.92 Å². The first-order valence-corrected chi connectivity index (χ1v) is 10.3. The highest BCUT2D eigenvalue weighted by Gasteiger charge is 2.43. The highest BCUT2D eigenvalue weighted by molar-refractivity contribution is 6.09. The Balaban J connectivity index is 1.73. The minimum Gasteiger partial charge on any atom is -0.459 e. The van der Waals surface area contributed by atoms with Crippen molar-refractivity contribution in [3.8, 4) is 0 Å². The summed E-state index contributed by atoms with van der Waals surface area (Å²) in [5.41, 5.74) is 1.80. The number of furan rings is 1. The van der Waals surface area contributed by atoms with Gasteiger partial charge in [0.15, 0.2) is 5.76 Å². The molecule has 0 radical (unpaired) electrons. The van der Waals surface area contributed by atoms with Crippen molar-refractivity contribution in [2.75, 3.05) is 22.9 Å². The number of rotatable bonds is 2. The van der Waals surface area contributed by atoms with E-state index < -0.39 is 12.2 Å². The number of anilines is 2.